The van der Waals surface area contributed by atoms with Gasteiger partial charge in [0.15, 0.2) is 0 Å². The van der Waals surface area contributed by atoms with Crippen LogP contribution in [-0.4, -0.2) is 16.1 Å². The molecule has 0 fully saturated rings. The lowest BCUT2D eigenvalue weighted by atomic mass is 10.2. The van der Waals surface area contributed by atoms with Crippen molar-refractivity contribution in [3.8, 4) is 0 Å². The third-order valence-corrected chi connectivity index (χ3v) is 3.61. The van der Waals surface area contributed by atoms with Gasteiger partial charge >= 0.3 is 11.8 Å². The summed E-state index contributed by atoms with van der Waals surface area (Å²) in [5.74, 6) is 0.257. The van der Waals surface area contributed by atoms with Crippen LogP contribution in [0.1, 0.15) is 41.9 Å². The van der Waals surface area contributed by atoms with Gasteiger partial charge in [-0.1, -0.05) is 62.4 Å². The van der Waals surface area contributed by atoms with E-state index >= 15 is 0 Å². The molecule has 3 rings (SSSR count). The van der Waals surface area contributed by atoms with Gasteiger partial charge in [0.1, 0.15) is 0 Å². The lowest BCUT2D eigenvalue weighted by Crippen LogP contribution is -2.30. The minimum Gasteiger partial charge on any atom is -0.417 e. The van der Waals surface area contributed by atoms with Crippen LogP contribution in [0.15, 0.2) is 65.1 Å². The summed E-state index contributed by atoms with van der Waals surface area (Å²) in [6.45, 7) is 4.32. The number of carbonyl (C=O) groups is 1. The molecule has 1 aromatic heterocycles. The molecule has 2 aromatic carbocycles. The van der Waals surface area contributed by atoms with E-state index in [0.29, 0.717) is 12.4 Å². The molecular formula is C19H19N3O2. The van der Waals surface area contributed by atoms with E-state index in [1.54, 1.807) is 4.90 Å². The number of hydrogen-bond donors (Lipinski definition) is 0. The van der Waals surface area contributed by atoms with Crippen molar-refractivity contribution < 1.29 is 9.21 Å². The Morgan fingerprint density at radius 3 is 2.21 bits per heavy atom. The zero-order chi connectivity index (χ0) is 16.9. The van der Waals surface area contributed by atoms with Crippen molar-refractivity contribution in [3.63, 3.8) is 0 Å². The maximum atomic E-state index is 12.9. The molecular weight excluding hydrogens is 302 g/mol. The molecule has 3 aromatic rings. The fraction of sp³-hybridized carbons (Fsp3) is 0.211. The predicted molar refractivity (Wildman–Crippen MR) is 91.8 cm³/mol. The second kappa shape index (κ2) is 7.08. The molecule has 0 atom stereocenters. The number of amides is 1. The number of anilines is 1. The molecule has 5 nitrogen and oxygen atoms in total. The number of rotatable bonds is 5. The van der Waals surface area contributed by atoms with Crippen molar-refractivity contribution >= 4 is 11.6 Å². The van der Waals surface area contributed by atoms with Crippen LogP contribution in [0, 0.1) is 0 Å². The van der Waals surface area contributed by atoms with E-state index in [2.05, 4.69) is 10.2 Å². The van der Waals surface area contributed by atoms with E-state index in [9.17, 15) is 4.79 Å². The average Bonchev–Trinajstić information content (AvgIpc) is 3.11. The highest BCUT2D eigenvalue weighted by atomic mass is 16.4. The third kappa shape index (κ3) is 3.51. The van der Waals surface area contributed by atoms with E-state index in [1.165, 1.54) is 0 Å². The molecule has 0 spiro atoms. The second-order valence-corrected chi connectivity index (χ2v) is 5.81. The van der Waals surface area contributed by atoms with Gasteiger partial charge in [-0.3, -0.25) is 9.69 Å². The summed E-state index contributed by atoms with van der Waals surface area (Å²) in [4.78, 5) is 14.6. The first-order valence-corrected chi connectivity index (χ1v) is 7.89. The molecule has 1 heterocycles. The standard InChI is InChI=1S/C19H19N3O2/c1-14(2)17-20-21-18(24-17)19(23)22(16-11-7-4-8-12-16)13-15-9-5-3-6-10-15/h3-12,14H,13H2,1-2H3. The molecule has 0 bridgehead atoms. The minimum absolute atomic E-state index is 0.0125. The van der Waals surface area contributed by atoms with Gasteiger partial charge in [-0.25, -0.2) is 0 Å². The van der Waals surface area contributed by atoms with Crippen LogP contribution in [0.3, 0.4) is 0 Å². The zero-order valence-electron chi connectivity index (χ0n) is 13.7. The van der Waals surface area contributed by atoms with Crippen molar-refractivity contribution in [2.24, 2.45) is 0 Å². The number of aromatic nitrogens is 2. The number of para-hydroxylation sites is 1. The molecule has 1 amide bonds. The van der Waals surface area contributed by atoms with Crippen LogP contribution in [-0.2, 0) is 6.54 Å². The summed E-state index contributed by atoms with van der Waals surface area (Å²) in [6.07, 6.45) is 0. The van der Waals surface area contributed by atoms with Gasteiger partial charge in [0.05, 0.1) is 6.54 Å². The SMILES string of the molecule is CC(C)c1nnc(C(=O)N(Cc2ccccc2)c2ccccc2)o1. The highest BCUT2D eigenvalue weighted by Gasteiger charge is 2.24. The lowest BCUT2D eigenvalue weighted by molar-refractivity contribution is 0.0949. The Morgan fingerprint density at radius 2 is 1.62 bits per heavy atom. The number of carbonyl (C=O) groups excluding carboxylic acids is 1. The molecule has 0 saturated carbocycles. The van der Waals surface area contributed by atoms with Crippen LogP contribution in [0.4, 0.5) is 5.69 Å². The quantitative estimate of drug-likeness (QED) is 0.711. The van der Waals surface area contributed by atoms with Gasteiger partial charge in [0.25, 0.3) is 0 Å². The molecule has 0 aliphatic rings. The van der Waals surface area contributed by atoms with Crippen molar-refractivity contribution in [3.05, 3.63) is 78.0 Å². The van der Waals surface area contributed by atoms with Crippen molar-refractivity contribution in [2.75, 3.05) is 4.90 Å². The fourth-order valence-corrected chi connectivity index (χ4v) is 2.32. The van der Waals surface area contributed by atoms with Gasteiger partial charge in [-0.15, -0.1) is 10.2 Å². The summed E-state index contributed by atoms with van der Waals surface area (Å²) in [7, 11) is 0. The van der Waals surface area contributed by atoms with Crippen LogP contribution in [0.5, 0.6) is 0 Å². The van der Waals surface area contributed by atoms with Crippen LogP contribution in [0.2, 0.25) is 0 Å². The monoisotopic (exact) mass is 321 g/mol. The fourth-order valence-electron chi connectivity index (χ4n) is 2.32. The van der Waals surface area contributed by atoms with Crippen molar-refractivity contribution in [2.45, 2.75) is 26.3 Å². The summed E-state index contributed by atoms with van der Waals surface area (Å²) >= 11 is 0. The van der Waals surface area contributed by atoms with E-state index < -0.39 is 0 Å². The maximum absolute atomic E-state index is 12.9. The van der Waals surface area contributed by atoms with Crippen LogP contribution in [0.25, 0.3) is 0 Å². The van der Waals surface area contributed by atoms with Crippen molar-refractivity contribution in [1.29, 1.82) is 0 Å². The Kier molecular flexibility index (Phi) is 4.70. The summed E-state index contributed by atoms with van der Waals surface area (Å²) < 4.78 is 5.53. The van der Waals surface area contributed by atoms with Gasteiger partial charge in [-0.2, -0.15) is 0 Å². The van der Waals surface area contributed by atoms with E-state index in [0.717, 1.165) is 11.3 Å². The van der Waals surface area contributed by atoms with Crippen LogP contribution < -0.4 is 4.90 Å². The number of hydrogen-bond acceptors (Lipinski definition) is 4. The highest BCUT2D eigenvalue weighted by molar-refractivity contribution is 6.02. The van der Waals surface area contributed by atoms with E-state index in [4.69, 9.17) is 4.42 Å². The van der Waals surface area contributed by atoms with Crippen molar-refractivity contribution in [1.82, 2.24) is 10.2 Å². The first-order chi connectivity index (χ1) is 11.6. The maximum Gasteiger partial charge on any atom is 0.316 e. The number of benzene rings is 2. The Hall–Kier alpha value is -2.95. The predicted octanol–water partition coefficient (Wildman–Crippen LogP) is 4.04. The zero-order valence-corrected chi connectivity index (χ0v) is 13.7. The Morgan fingerprint density at radius 1 is 1.00 bits per heavy atom. The Labute approximate surface area is 140 Å². The second-order valence-electron chi connectivity index (χ2n) is 5.81. The first kappa shape index (κ1) is 15.9. The van der Waals surface area contributed by atoms with Gasteiger partial charge < -0.3 is 4.42 Å². The first-order valence-electron chi connectivity index (χ1n) is 7.89. The molecule has 0 N–H and O–H groups in total. The highest BCUT2D eigenvalue weighted by Crippen LogP contribution is 2.21. The van der Waals surface area contributed by atoms with Crippen LogP contribution >= 0.6 is 0 Å². The normalized spacial score (nSPS) is 10.8. The molecule has 0 aliphatic carbocycles. The summed E-state index contributed by atoms with van der Waals surface area (Å²) in [6, 6.07) is 19.3. The minimum atomic E-state index is -0.301. The third-order valence-electron chi connectivity index (χ3n) is 3.61. The average molecular weight is 321 g/mol. The molecule has 5 heteroatoms. The van der Waals surface area contributed by atoms with Gasteiger partial charge in [0, 0.05) is 11.6 Å². The molecule has 0 radical (unpaired) electrons. The lowest BCUT2D eigenvalue weighted by Gasteiger charge is -2.21. The Balaban J connectivity index is 1.92. The molecule has 0 unspecified atom stereocenters. The topological polar surface area (TPSA) is 59.2 Å². The summed E-state index contributed by atoms with van der Waals surface area (Å²) in [5.41, 5.74) is 1.81. The Bertz CT molecular complexity index is 798. The molecule has 0 aliphatic heterocycles. The molecule has 0 saturated heterocycles. The van der Waals surface area contributed by atoms with Gasteiger partial charge in [-0.05, 0) is 17.7 Å². The summed E-state index contributed by atoms with van der Waals surface area (Å²) in [5, 5.41) is 7.87. The van der Waals surface area contributed by atoms with Gasteiger partial charge in [0.2, 0.25) is 5.89 Å². The molecule has 24 heavy (non-hydrogen) atoms. The largest absolute Gasteiger partial charge is 0.417 e. The molecule has 122 valence electrons. The van der Waals surface area contributed by atoms with E-state index in [-0.39, 0.29) is 17.7 Å². The van der Waals surface area contributed by atoms with E-state index in [1.807, 2.05) is 74.5 Å². The number of nitrogens with zero attached hydrogens (tertiary/aromatic N) is 3. The smallest absolute Gasteiger partial charge is 0.316 e.